The second-order valence-corrected chi connectivity index (χ2v) is 5.31. The number of hydrazone groups is 1. The van der Waals surface area contributed by atoms with Gasteiger partial charge in [0.2, 0.25) is 5.91 Å². The van der Waals surface area contributed by atoms with Gasteiger partial charge in [0, 0.05) is 26.0 Å². The number of rotatable bonds is 2. The fourth-order valence-corrected chi connectivity index (χ4v) is 2.49. The van der Waals surface area contributed by atoms with Crippen LogP contribution in [-0.2, 0) is 4.79 Å². The first-order chi connectivity index (χ1) is 10.6. The Kier molecular flexibility index (Phi) is 3.92. The van der Waals surface area contributed by atoms with Gasteiger partial charge >= 0.3 is 0 Å². The van der Waals surface area contributed by atoms with Crippen LogP contribution in [0.4, 0.5) is 0 Å². The summed E-state index contributed by atoms with van der Waals surface area (Å²) in [7, 11) is 1.67. The van der Waals surface area contributed by atoms with Crippen LogP contribution in [0.15, 0.2) is 59.7 Å². The van der Waals surface area contributed by atoms with Crippen molar-refractivity contribution < 1.29 is 9.53 Å². The van der Waals surface area contributed by atoms with Crippen LogP contribution in [0.25, 0.3) is 0 Å². The number of ether oxygens (including phenoxy) is 1. The molecular weight excluding hydrogens is 276 g/mol. The zero-order valence-corrected chi connectivity index (χ0v) is 12.7. The predicted octanol–water partition coefficient (Wildman–Crippen LogP) is 3.39. The number of para-hydroxylation sites is 1. The van der Waals surface area contributed by atoms with E-state index in [0.717, 1.165) is 22.6 Å². The zero-order chi connectivity index (χ0) is 15.5. The van der Waals surface area contributed by atoms with Crippen molar-refractivity contribution in [2.45, 2.75) is 19.4 Å². The average molecular weight is 294 g/mol. The van der Waals surface area contributed by atoms with Gasteiger partial charge < -0.3 is 4.74 Å². The quantitative estimate of drug-likeness (QED) is 0.797. The number of hydrogen-bond acceptors (Lipinski definition) is 3. The Morgan fingerprint density at radius 1 is 1.14 bits per heavy atom. The third-order valence-electron chi connectivity index (χ3n) is 3.74. The molecular formula is C18H18N2O2. The smallest absolute Gasteiger partial charge is 0.239 e. The second kappa shape index (κ2) is 6.02. The summed E-state index contributed by atoms with van der Waals surface area (Å²) in [6.07, 6.45) is 0.550. The van der Waals surface area contributed by atoms with Crippen LogP contribution >= 0.6 is 0 Å². The predicted molar refractivity (Wildman–Crippen MR) is 85.9 cm³/mol. The third-order valence-corrected chi connectivity index (χ3v) is 3.74. The Labute approximate surface area is 130 Å². The fourth-order valence-electron chi connectivity index (χ4n) is 2.49. The molecule has 0 spiro atoms. The van der Waals surface area contributed by atoms with Gasteiger partial charge in [-0.1, -0.05) is 42.5 Å². The number of amides is 1. The first-order valence-corrected chi connectivity index (χ1v) is 7.28. The van der Waals surface area contributed by atoms with E-state index >= 15 is 0 Å². The highest BCUT2D eigenvalue weighted by Gasteiger charge is 2.26. The number of fused-ring (bicyclic) bond motifs is 1. The van der Waals surface area contributed by atoms with E-state index in [1.54, 1.807) is 7.05 Å². The molecule has 1 aliphatic rings. The number of hydrogen-bond donors (Lipinski definition) is 0. The molecule has 22 heavy (non-hydrogen) atoms. The summed E-state index contributed by atoms with van der Waals surface area (Å²) in [4.78, 5) is 11.5. The third kappa shape index (κ3) is 2.86. The molecule has 0 saturated heterocycles. The lowest BCUT2D eigenvalue weighted by Gasteiger charge is -2.28. The molecule has 2 aromatic carbocycles. The number of benzene rings is 2. The van der Waals surface area contributed by atoms with E-state index in [1.807, 2.05) is 54.6 Å². The molecule has 0 aromatic heterocycles. The molecule has 0 bridgehead atoms. The van der Waals surface area contributed by atoms with Gasteiger partial charge in [-0.2, -0.15) is 5.10 Å². The van der Waals surface area contributed by atoms with Crippen LogP contribution < -0.4 is 4.74 Å². The van der Waals surface area contributed by atoms with E-state index in [-0.39, 0.29) is 12.0 Å². The van der Waals surface area contributed by atoms with Gasteiger partial charge in [-0.25, -0.2) is 5.01 Å². The van der Waals surface area contributed by atoms with Crippen molar-refractivity contribution in [1.82, 2.24) is 5.01 Å². The fraction of sp³-hybridized carbons (Fsp3) is 0.222. The van der Waals surface area contributed by atoms with Crippen molar-refractivity contribution >= 4 is 11.6 Å². The molecule has 1 amide bonds. The number of carbonyl (C=O) groups excluding carboxylic acids is 1. The Morgan fingerprint density at radius 2 is 1.82 bits per heavy atom. The van der Waals surface area contributed by atoms with Crippen molar-refractivity contribution in [3.63, 3.8) is 0 Å². The van der Waals surface area contributed by atoms with Crippen LogP contribution in [0, 0.1) is 0 Å². The minimum Gasteiger partial charge on any atom is -0.485 e. The molecule has 4 heteroatoms. The molecule has 0 N–H and O–H groups in total. The molecule has 2 aromatic rings. The van der Waals surface area contributed by atoms with Crippen molar-refractivity contribution in [1.29, 1.82) is 0 Å². The molecule has 112 valence electrons. The van der Waals surface area contributed by atoms with Gasteiger partial charge in [0.15, 0.2) is 0 Å². The Morgan fingerprint density at radius 3 is 2.55 bits per heavy atom. The maximum absolute atomic E-state index is 11.5. The van der Waals surface area contributed by atoms with E-state index in [1.165, 1.54) is 11.9 Å². The molecule has 0 saturated carbocycles. The van der Waals surface area contributed by atoms with Gasteiger partial charge in [-0.3, -0.25) is 4.79 Å². The monoisotopic (exact) mass is 294 g/mol. The Hall–Kier alpha value is -2.62. The normalized spacial score (nSPS) is 18.5. The van der Waals surface area contributed by atoms with Crippen LogP contribution in [-0.4, -0.2) is 23.7 Å². The average Bonchev–Trinajstić information content (AvgIpc) is 2.55. The second-order valence-electron chi connectivity index (χ2n) is 5.31. The highest BCUT2D eigenvalue weighted by molar-refractivity contribution is 6.04. The molecule has 1 atom stereocenters. The zero-order valence-electron chi connectivity index (χ0n) is 12.7. The van der Waals surface area contributed by atoms with Gasteiger partial charge in [-0.05, 0) is 17.7 Å². The Bertz CT molecular complexity index is 710. The van der Waals surface area contributed by atoms with E-state index in [9.17, 15) is 4.79 Å². The molecule has 0 aliphatic carbocycles. The van der Waals surface area contributed by atoms with Crippen molar-refractivity contribution in [3.05, 3.63) is 65.7 Å². The number of nitrogens with zero attached hydrogens (tertiary/aromatic N) is 2. The molecule has 1 aliphatic heterocycles. The molecule has 1 heterocycles. The van der Waals surface area contributed by atoms with Crippen LogP contribution in [0.3, 0.4) is 0 Å². The van der Waals surface area contributed by atoms with Gasteiger partial charge in [0.25, 0.3) is 0 Å². The maximum atomic E-state index is 11.5. The van der Waals surface area contributed by atoms with Crippen LogP contribution in [0.2, 0.25) is 0 Å². The molecule has 4 nitrogen and oxygen atoms in total. The van der Waals surface area contributed by atoms with Gasteiger partial charge in [0.1, 0.15) is 11.9 Å². The summed E-state index contributed by atoms with van der Waals surface area (Å²) in [5, 5.41) is 5.85. The minimum absolute atomic E-state index is 0.0878. The largest absolute Gasteiger partial charge is 0.485 e. The Balaban J connectivity index is 2.00. The lowest BCUT2D eigenvalue weighted by Crippen LogP contribution is -2.25. The summed E-state index contributed by atoms with van der Waals surface area (Å²) >= 11 is 0. The lowest BCUT2D eigenvalue weighted by atomic mass is 9.96. The SMILES string of the molecule is CC(=O)N(C)/N=C1\CC(c2ccccc2)Oc2ccccc21. The first kappa shape index (κ1) is 14.3. The van der Waals surface area contributed by atoms with Crippen LogP contribution in [0.1, 0.15) is 30.6 Å². The number of carbonyl (C=O) groups is 1. The topological polar surface area (TPSA) is 41.9 Å². The lowest BCUT2D eigenvalue weighted by molar-refractivity contribution is -0.127. The summed E-state index contributed by atoms with van der Waals surface area (Å²) < 4.78 is 6.11. The first-order valence-electron chi connectivity index (χ1n) is 7.28. The molecule has 3 rings (SSSR count). The van der Waals surface area contributed by atoms with E-state index in [0.29, 0.717) is 6.42 Å². The standard InChI is InChI=1S/C18H18N2O2/c1-13(21)20(2)19-16-12-18(14-8-4-3-5-9-14)22-17-11-7-6-10-15(16)17/h3-11,18H,12H2,1-2H3/b19-16+. The van der Waals surface area contributed by atoms with Crippen molar-refractivity contribution in [2.24, 2.45) is 5.10 Å². The molecule has 0 radical (unpaired) electrons. The van der Waals surface area contributed by atoms with Crippen molar-refractivity contribution in [2.75, 3.05) is 7.05 Å². The van der Waals surface area contributed by atoms with Crippen molar-refractivity contribution in [3.8, 4) is 5.75 Å². The van der Waals surface area contributed by atoms with E-state index in [4.69, 9.17) is 4.74 Å². The minimum atomic E-state index is -0.0901. The molecule has 0 fully saturated rings. The highest BCUT2D eigenvalue weighted by Crippen LogP contribution is 2.35. The summed E-state index contributed by atoms with van der Waals surface area (Å²) in [5.74, 6) is 0.714. The summed E-state index contributed by atoms with van der Waals surface area (Å²) in [6, 6.07) is 17.9. The molecule has 1 unspecified atom stereocenters. The van der Waals surface area contributed by atoms with Crippen LogP contribution in [0.5, 0.6) is 5.75 Å². The van der Waals surface area contributed by atoms with Gasteiger partial charge in [0.05, 0.1) is 5.71 Å². The van der Waals surface area contributed by atoms with Gasteiger partial charge in [-0.15, -0.1) is 0 Å². The highest BCUT2D eigenvalue weighted by atomic mass is 16.5. The maximum Gasteiger partial charge on any atom is 0.239 e. The van der Waals surface area contributed by atoms with E-state index in [2.05, 4.69) is 5.10 Å². The summed E-state index contributed by atoms with van der Waals surface area (Å²) in [5.41, 5.74) is 2.92. The summed E-state index contributed by atoms with van der Waals surface area (Å²) in [6.45, 7) is 1.50. The van der Waals surface area contributed by atoms with E-state index < -0.39 is 0 Å².